The number of aromatic nitrogens is 1. The van der Waals surface area contributed by atoms with Gasteiger partial charge < -0.3 is 28.4 Å². The van der Waals surface area contributed by atoms with Crippen LogP contribution in [0.3, 0.4) is 0 Å². The molecule has 5 rings (SSSR count). The van der Waals surface area contributed by atoms with Crippen molar-refractivity contribution in [3.05, 3.63) is 96.1 Å². The van der Waals surface area contributed by atoms with Crippen LogP contribution < -0.4 is 28.4 Å². The summed E-state index contributed by atoms with van der Waals surface area (Å²) in [6.45, 7) is 1.16. The number of rotatable bonds is 16. The van der Waals surface area contributed by atoms with Crippen LogP contribution in [0.1, 0.15) is 35.2 Å². The lowest BCUT2D eigenvalue weighted by Gasteiger charge is -2.13. The van der Waals surface area contributed by atoms with E-state index < -0.39 is 0 Å². The maximum absolute atomic E-state index is 12.9. The molecule has 0 N–H and O–H groups in total. The maximum atomic E-state index is 12.9. The Kier molecular flexibility index (Phi) is 11.1. The number of carbonyl (C=O) groups excluding carboxylic acids is 1. The first kappa shape index (κ1) is 32.4. The van der Waals surface area contributed by atoms with Crippen LogP contribution in [-0.4, -0.2) is 52.4 Å². The lowest BCUT2D eigenvalue weighted by atomic mass is 10.1. The summed E-state index contributed by atoms with van der Waals surface area (Å²) in [6.07, 6.45) is 5.96. The second-order valence-corrected chi connectivity index (χ2v) is 11.3. The molecule has 0 saturated carbocycles. The predicted molar refractivity (Wildman–Crippen MR) is 182 cm³/mol. The van der Waals surface area contributed by atoms with Crippen molar-refractivity contribution < 1.29 is 33.2 Å². The van der Waals surface area contributed by atoms with E-state index in [2.05, 4.69) is 18.2 Å². The third-order valence-corrected chi connectivity index (χ3v) is 8.36. The quantitative estimate of drug-likeness (QED) is 0.0604. The summed E-state index contributed by atoms with van der Waals surface area (Å²) in [7, 11) is 6.15. The summed E-state index contributed by atoms with van der Waals surface area (Å²) in [6, 6.07) is 25.1. The zero-order chi connectivity index (χ0) is 32.3. The van der Waals surface area contributed by atoms with Crippen LogP contribution in [0.2, 0.25) is 0 Å². The molecule has 0 spiro atoms. The molecule has 8 nitrogen and oxygen atoms in total. The Morgan fingerprint density at radius 2 is 1.41 bits per heavy atom. The second-order valence-electron chi connectivity index (χ2n) is 10.3. The van der Waals surface area contributed by atoms with Gasteiger partial charge in [-0.25, -0.2) is 4.98 Å². The van der Waals surface area contributed by atoms with Crippen molar-refractivity contribution in [3.8, 4) is 45.1 Å². The van der Waals surface area contributed by atoms with Gasteiger partial charge in [-0.2, -0.15) is 0 Å². The minimum atomic E-state index is -0.205. The van der Waals surface area contributed by atoms with E-state index in [1.165, 1.54) is 32.1 Å². The first-order valence-electron chi connectivity index (χ1n) is 14.9. The zero-order valence-corrected chi connectivity index (χ0v) is 27.2. The molecule has 4 aromatic carbocycles. The van der Waals surface area contributed by atoms with Crippen molar-refractivity contribution >= 4 is 33.4 Å². The first-order valence-corrected chi connectivity index (χ1v) is 15.8. The molecule has 0 aliphatic heterocycles. The second kappa shape index (κ2) is 15.8. The summed E-state index contributed by atoms with van der Waals surface area (Å²) in [5, 5.41) is 1.01. The molecular weight excluding hydrogens is 602 g/mol. The van der Waals surface area contributed by atoms with Crippen LogP contribution >= 0.6 is 11.3 Å². The summed E-state index contributed by atoms with van der Waals surface area (Å²) >= 11 is 1.69. The molecule has 238 valence electrons. The summed E-state index contributed by atoms with van der Waals surface area (Å²) in [5.41, 5.74) is 3.33. The first-order chi connectivity index (χ1) is 22.5. The van der Waals surface area contributed by atoms with Gasteiger partial charge in [0.25, 0.3) is 0 Å². The number of allylic oxidation sites excluding steroid dienone is 1. The fraction of sp³-hybridized carbons (Fsp3) is 0.243. The fourth-order valence-corrected chi connectivity index (χ4v) is 5.81. The molecule has 0 saturated heterocycles. The van der Waals surface area contributed by atoms with Crippen LogP contribution in [0.25, 0.3) is 26.9 Å². The Morgan fingerprint density at radius 3 is 2.09 bits per heavy atom. The van der Waals surface area contributed by atoms with E-state index in [0.29, 0.717) is 47.5 Å². The van der Waals surface area contributed by atoms with Gasteiger partial charge in [0.15, 0.2) is 28.8 Å². The highest BCUT2D eigenvalue weighted by Gasteiger charge is 2.16. The molecule has 0 aliphatic carbocycles. The number of methoxy groups -OCH3 is 4. The minimum absolute atomic E-state index is 0.205. The van der Waals surface area contributed by atoms with Gasteiger partial charge in [0.05, 0.1) is 51.9 Å². The minimum Gasteiger partial charge on any atom is -0.494 e. The number of fused-ring (bicyclic) bond motifs is 1. The maximum Gasteiger partial charge on any atom is 0.203 e. The monoisotopic (exact) mass is 639 g/mol. The Balaban J connectivity index is 1.08. The average Bonchev–Trinajstić information content (AvgIpc) is 3.54. The van der Waals surface area contributed by atoms with Gasteiger partial charge in [0.1, 0.15) is 10.8 Å². The van der Waals surface area contributed by atoms with Gasteiger partial charge in [-0.1, -0.05) is 24.3 Å². The molecule has 0 amide bonds. The molecule has 0 radical (unpaired) electrons. The smallest absolute Gasteiger partial charge is 0.203 e. The van der Waals surface area contributed by atoms with Gasteiger partial charge in [-0.3, -0.25) is 4.79 Å². The molecule has 46 heavy (non-hydrogen) atoms. The molecule has 9 heteroatoms. The number of hydrogen-bond acceptors (Lipinski definition) is 9. The molecule has 1 heterocycles. The van der Waals surface area contributed by atoms with E-state index in [4.69, 9.17) is 33.4 Å². The number of ketones is 1. The van der Waals surface area contributed by atoms with Crippen molar-refractivity contribution in [2.75, 3.05) is 41.7 Å². The molecule has 5 aromatic rings. The Labute approximate surface area is 273 Å². The molecule has 0 unspecified atom stereocenters. The molecule has 0 atom stereocenters. The van der Waals surface area contributed by atoms with Gasteiger partial charge in [0, 0.05) is 11.1 Å². The number of nitrogens with zero attached hydrogens (tertiary/aromatic N) is 1. The van der Waals surface area contributed by atoms with E-state index in [9.17, 15) is 4.79 Å². The van der Waals surface area contributed by atoms with E-state index in [0.717, 1.165) is 46.7 Å². The molecule has 0 bridgehead atoms. The summed E-state index contributed by atoms with van der Waals surface area (Å²) in [4.78, 5) is 17.7. The van der Waals surface area contributed by atoms with Gasteiger partial charge in [0.2, 0.25) is 5.75 Å². The highest BCUT2D eigenvalue weighted by molar-refractivity contribution is 7.21. The largest absolute Gasteiger partial charge is 0.494 e. The fourth-order valence-electron chi connectivity index (χ4n) is 4.84. The standard InChI is InChI=1S/C37H37NO7S/c1-40-31-19-13-25(12-18-30(39)27-23-33(41-2)36(43-4)34(24-27)42-3)22-32(31)45-21-9-5-8-20-44-28-16-14-26(15-17-28)37-38-29-10-6-7-11-35(29)46-37/h6-7,10-19,22-24H,5,8-9,20-21H2,1-4H3/b18-12+. The van der Waals surface area contributed by atoms with Crippen LogP contribution in [0.5, 0.6) is 34.5 Å². The van der Waals surface area contributed by atoms with Crippen molar-refractivity contribution in [2.45, 2.75) is 19.3 Å². The van der Waals surface area contributed by atoms with Crippen molar-refractivity contribution in [2.24, 2.45) is 0 Å². The molecule has 0 aliphatic rings. The topological polar surface area (TPSA) is 85.3 Å². The van der Waals surface area contributed by atoms with Gasteiger partial charge >= 0.3 is 0 Å². The molecular formula is C37H37NO7S. The number of unbranched alkanes of at least 4 members (excludes halogenated alkanes) is 2. The Bertz CT molecular complexity index is 1740. The lowest BCUT2D eigenvalue weighted by molar-refractivity contribution is 0.104. The number of hydrogen-bond donors (Lipinski definition) is 0. The molecule has 1 aromatic heterocycles. The normalized spacial score (nSPS) is 11.0. The average molecular weight is 640 g/mol. The van der Waals surface area contributed by atoms with Gasteiger partial charge in [-0.15, -0.1) is 11.3 Å². The van der Waals surface area contributed by atoms with Crippen LogP contribution in [0.4, 0.5) is 0 Å². The Hall–Kier alpha value is -5.02. The van der Waals surface area contributed by atoms with E-state index in [1.54, 1.807) is 36.7 Å². The molecule has 0 fully saturated rings. The third kappa shape index (κ3) is 7.97. The lowest BCUT2D eigenvalue weighted by Crippen LogP contribution is -2.02. The number of ether oxygens (including phenoxy) is 6. The van der Waals surface area contributed by atoms with Crippen LogP contribution in [0, 0.1) is 0 Å². The number of para-hydroxylation sites is 1. The third-order valence-electron chi connectivity index (χ3n) is 7.27. The highest BCUT2D eigenvalue weighted by atomic mass is 32.1. The SMILES string of the molecule is COc1ccc(/C=C/C(=O)c2cc(OC)c(OC)c(OC)c2)cc1OCCCCCOc1ccc(-c2nc3ccccc3s2)cc1. The number of thiazole rings is 1. The van der Waals surface area contributed by atoms with Gasteiger partial charge in [-0.05, 0) is 91.6 Å². The number of carbonyl (C=O) groups is 1. The van der Waals surface area contributed by atoms with Crippen LogP contribution in [-0.2, 0) is 0 Å². The van der Waals surface area contributed by atoms with Crippen molar-refractivity contribution in [1.29, 1.82) is 0 Å². The summed E-state index contributed by atoms with van der Waals surface area (Å²) < 4.78 is 34.8. The highest BCUT2D eigenvalue weighted by Crippen LogP contribution is 2.38. The van der Waals surface area contributed by atoms with Crippen molar-refractivity contribution in [1.82, 2.24) is 4.98 Å². The predicted octanol–water partition coefficient (Wildman–Crippen LogP) is 8.52. The van der Waals surface area contributed by atoms with Crippen LogP contribution in [0.15, 0.2) is 84.9 Å². The summed E-state index contributed by atoms with van der Waals surface area (Å²) in [5.74, 6) is 3.16. The van der Waals surface area contributed by atoms with E-state index in [1.807, 2.05) is 48.5 Å². The van der Waals surface area contributed by atoms with E-state index in [-0.39, 0.29) is 5.78 Å². The van der Waals surface area contributed by atoms with Crippen molar-refractivity contribution in [3.63, 3.8) is 0 Å². The zero-order valence-electron chi connectivity index (χ0n) is 26.4. The Morgan fingerprint density at radius 1 is 0.717 bits per heavy atom. The number of benzene rings is 4. The van der Waals surface area contributed by atoms with E-state index >= 15 is 0 Å².